The summed E-state index contributed by atoms with van der Waals surface area (Å²) < 4.78 is 0.961. The summed E-state index contributed by atoms with van der Waals surface area (Å²) in [5.74, 6) is -0.0545. The van der Waals surface area contributed by atoms with E-state index in [2.05, 4.69) is 32.6 Å². The average molecular weight is 404 g/mol. The zero-order valence-electron chi connectivity index (χ0n) is 9.83. The summed E-state index contributed by atoms with van der Waals surface area (Å²) in [6, 6.07) is 5.98. The third-order valence-electron chi connectivity index (χ3n) is 2.33. The van der Waals surface area contributed by atoms with Crippen molar-refractivity contribution in [1.82, 2.24) is 4.98 Å². The van der Waals surface area contributed by atoms with Gasteiger partial charge in [-0.15, -0.1) is 0 Å². The summed E-state index contributed by atoms with van der Waals surface area (Å²) in [6.45, 7) is 0. The molecule has 1 aromatic carbocycles. The molecule has 0 spiro atoms. The van der Waals surface area contributed by atoms with Crippen LogP contribution >= 0.6 is 34.2 Å². The van der Waals surface area contributed by atoms with Gasteiger partial charge in [-0.3, -0.25) is 10.1 Å². The van der Waals surface area contributed by atoms with E-state index in [4.69, 9.17) is 11.6 Å². The molecule has 0 aliphatic rings. The zero-order chi connectivity index (χ0) is 14.7. The Morgan fingerprint density at radius 3 is 2.80 bits per heavy atom. The fourth-order valence-corrected chi connectivity index (χ4v) is 1.96. The van der Waals surface area contributed by atoms with Crippen LogP contribution in [0.25, 0.3) is 0 Å². The Balaban J connectivity index is 2.38. The minimum absolute atomic E-state index is 0.145. The van der Waals surface area contributed by atoms with Crippen LogP contribution in [0, 0.1) is 13.7 Å². The molecule has 2 aromatic rings. The number of phenols is 1. The highest BCUT2D eigenvalue weighted by Gasteiger charge is 2.17. The van der Waals surface area contributed by atoms with Crippen LogP contribution in [0.4, 0.5) is 11.5 Å². The summed E-state index contributed by atoms with van der Waals surface area (Å²) in [5.41, 5.74) is -0.306. The van der Waals surface area contributed by atoms with Crippen molar-refractivity contribution in [3.05, 3.63) is 54.7 Å². The number of nitro benzene ring substituents is 1. The maximum absolute atomic E-state index is 10.8. The number of benzene rings is 1. The van der Waals surface area contributed by atoms with Crippen molar-refractivity contribution in [2.24, 2.45) is 4.99 Å². The summed E-state index contributed by atoms with van der Waals surface area (Å²) in [5, 5.41) is 20.7. The van der Waals surface area contributed by atoms with Crippen LogP contribution < -0.4 is 0 Å². The Kier molecular flexibility index (Phi) is 4.50. The molecule has 0 saturated heterocycles. The second-order valence-corrected chi connectivity index (χ2v) is 5.39. The Morgan fingerprint density at radius 1 is 1.45 bits per heavy atom. The molecule has 8 heteroatoms. The fourth-order valence-electron chi connectivity index (χ4n) is 1.42. The second kappa shape index (κ2) is 6.14. The first kappa shape index (κ1) is 14.7. The molecule has 1 N–H and O–H groups in total. The van der Waals surface area contributed by atoms with Crippen LogP contribution in [-0.2, 0) is 0 Å². The minimum atomic E-state index is -0.707. The molecule has 102 valence electrons. The highest BCUT2D eigenvalue weighted by atomic mass is 127. The summed E-state index contributed by atoms with van der Waals surface area (Å²) >= 11 is 7.89. The lowest BCUT2D eigenvalue weighted by Crippen LogP contribution is -1.92. The maximum atomic E-state index is 10.8. The number of aromatic nitrogens is 1. The largest absolute Gasteiger partial charge is 0.502 e. The molecular weight excluding hydrogens is 397 g/mol. The monoisotopic (exact) mass is 403 g/mol. The van der Waals surface area contributed by atoms with Crippen molar-refractivity contribution in [2.75, 3.05) is 0 Å². The maximum Gasteiger partial charge on any atom is 0.312 e. The highest BCUT2D eigenvalue weighted by molar-refractivity contribution is 14.1. The number of hydrogen-bond donors (Lipinski definition) is 1. The van der Waals surface area contributed by atoms with Gasteiger partial charge in [-0.05, 0) is 40.8 Å². The Labute approximate surface area is 132 Å². The van der Waals surface area contributed by atoms with Gasteiger partial charge in [0.15, 0.2) is 5.82 Å². The minimum Gasteiger partial charge on any atom is -0.502 e. The summed E-state index contributed by atoms with van der Waals surface area (Å²) in [4.78, 5) is 18.1. The van der Waals surface area contributed by atoms with Gasteiger partial charge in [0.05, 0.1) is 4.92 Å². The van der Waals surface area contributed by atoms with Crippen LogP contribution in [0.15, 0.2) is 35.5 Å². The number of aliphatic imine (C=N–C) groups is 1. The Morgan fingerprint density at radius 2 is 2.20 bits per heavy atom. The van der Waals surface area contributed by atoms with Crippen LogP contribution in [0.2, 0.25) is 5.02 Å². The van der Waals surface area contributed by atoms with Crippen molar-refractivity contribution in [2.45, 2.75) is 0 Å². The molecule has 0 radical (unpaired) electrons. The van der Waals surface area contributed by atoms with E-state index in [0.29, 0.717) is 5.82 Å². The van der Waals surface area contributed by atoms with E-state index in [9.17, 15) is 15.2 Å². The first-order chi connectivity index (χ1) is 9.47. The highest BCUT2D eigenvalue weighted by Crippen LogP contribution is 2.32. The molecule has 6 nitrogen and oxygen atoms in total. The van der Waals surface area contributed by atoms with Gasteiger partial charge >= 0.3 is 5.69 Å². The van der Waals surface area contributed by atoms with Crippen molar-refractivity contribution in [3.63, 3.8) is 0 Å². The van der Waals surface area contributed by atoms with E-state index in [1.54, 1.807) is 12.3 Å². The molecule has 0 aliphatic heterocycles. The lowest BCUT2D eigenvalue weighted by atomic mass is 10.2. The van der Waals surface area contributed by atoms with E-state index in [1.165, 1.54) is 12.3 Å². The third-order valence-corrected chi connectivity index (χ3v) is 3.18. The lowest BCUT2D eigenvalue weighted by molar-refractivity contribution is -0.385. The molecule has 0 saturated carbocycles. The molecule has 20 heavy (non-hydrogen) atoms. The summed E-state index contributed by atoms with van der Waals surface area (Å²) in [7, 11) is 0. The van der Waals surface area contributed by atoms with Crippen LogP contribution in [0.5, 0.6) is 5.75 Å². The standard InChI is InChI=1S/C12H7ClIN3O3/c13-8-3-7(12(18)10(4-8)17(19)20)5-15-11-2-1-9(14)6-16-11/h1-6,18H. The van der Waals surface area contributed by atoms with E-state index in [0.717, 1.165) is 9.64 Å². The SMILES string of the molecule is O=[N+]([O-])c1cc(Cl)cc(C=Nc2ccc(I)cn2)c1O. The molecule has 0 unspecified atom stereocenters. The van der Waals surface area contributed by atoms with Gasteiger partial charge in [0.1, 0.15) is 0 Å². The number of phenolic OH excluding ortho intramolecular Hbond substituents is 1. The van der Waals surface area contributed by atoms with Crippen LogP contribution in [0.3, 0.4) is 0 Å². The third kappa shape index (κ3) is 3.42. The van der Waals surface area contributed by atoms with Gasteiger partial charge in [-0.25, -0.2) is 9.98 Å². The first-order valence-electron chi connectivity index (χ1n) is 5.30. The number of rotatable bonds is 3. The topological polar surface area (TPSA) is 88.6 Å². The van der Waals surface area contributed by atoms with Crippen molar-refractivity contribution < 1.29 is 10.0 Å². The van der Waals surface area contributed by atoms with Crippen LogP contribution in [-0.4, -0.2) is 21.2 Å². The smallest absolute Gasteiger partial charge is 0.312 e. The van der Waals surface area contributed by atoms with E-state index in [1.807, 2.05) is 6.07 Å². The molecule has 1 aromatic heterocycles. The van der Waals surface area contributed by atoms with Gasteiger partial charge in [-0.2, -0.15) is 0 Å². The predicted octanol–water partition coefficient (Wildman–Crippen LogP) is 3.70. The van der Waals surface area contributed by atoms with Gasteiger partial charge in [0.25, 0.3) is 0 Å². The quantitative estimate of drug-likeness (QED) is 0.366. The van der Waals surface area contributed by atoms with Gasteiger partial charge < -0.3 is 5.11 Å². The first-order valence-corrected chi connectivity index (χ1v) is 6.75. The number of pyridine rings is 1. The van der Waals surface area contributed by atoms with E-state index in [-0.39, 0.29) is 10.6 Å². The van der Waals surface area contributed by atoms with Gasteiger partial charge in [0.2, 0.25) is 5.75 Å². The molecule has 0 amide bonds. The van der Waals surface area contributed by atoms with Crippen molar-refractivity contribution in [1.29, 1.82) is 0 Å². The average Bonchev–Trinajstić information content (AvgIpc) is 2.41. The second-order valence-electron chi connectivity index (χ2n) is 3.71. The lowest BCUT2D eigenvalue weighted by Gasteiger charge is -2.01. The normalized spacial score (nSPS) is 10.9. The van der Waals surface area contributed by atoms with Gasteiger partial charge in [0, 0.05) is 32.6 Å². The van der Waals surface area contributed by atoms with Crippen molar-refractivity contribution >= 4 is 51.9 Å². The molecular formula is C12H7ClIN3O3. The molecule has 0 aliphatic carbocycles. The molecule has 0 atom stereocenters. The molecule has 1 heterocycles. The van der Waals surface area contributed by atoms with Crippen molar-refractivity contribution in [3.8, 4) is 5.75 Å². The fraction of sp³-hybridized carbons (Fsp3) is 0. The molecule has 0 bridgehead atoms. The summed E-state index contributed by atoms with van der Waals surface area (Å²) in [6.07, 6.45) is 2.91. The predicted molar refractivity (Wildman–Crippen MR) is 84.0 cm³/mol. The van der Waals surface area contributed by atoms with Gasteiger partial charge in [-0.1, -0.05) is 11.6 Å². The zero-order valence-corrected chi connectivity index (χ0v) is 12.7. The molecule has 2 rings (SSSR count). The number of halogens is 2. The van der Waals surface area contributed by atoms with Crippen LogP contribution in [0.1, 0.15) is 5.56 Å². The molecule has 0 fully saturated rings. The Hall–Kier alpha value is -1.74. The van der Waals surface area contributed by atoms with E-state index < -0.39 is 16.4 Å². The Bertz CT molecular complexity index is 689. The number of nitro groups is 1. The van der Waals surface area contributed by atoms with E-state index >= 15 is 0 Å². The number of hydrogen-bond acceptors (Lipinski definition) is 5. The number of aromatic hydroxyl groups is 1. The number of nitrogens with zero attached hydrogens (tertiary/aromatic N) is 3.